The van der Waals surface area contributed by atoms with E-state index >= 15 is 0 Å². The second-order valence-electron chi connectivity index (χ2n) is 8.07. The van der Waals surface area contributed by atoms with Gasteiger partial charge in [-0.2, -0.15) is 0 Å². The summed E-state index contributed by atoms with van der Waals surface area (Å²) in [7, 11) is -8.05. The minimum absolute atomic E-state index is 0.0171. The van der Waals surface area contributed by atoms with Gasteiger partial charge < -0.3 is 4.74 Å². The van der Waals surface area contributed by atoms with E-state index in [0.717, 1.165) is 0 Å². The van der Waals surface area contributed by atoms with Crippen LogP contribution in [-0.2, 0) is 26.5 Å². The normalized spacial score (nSPS) is 17.0. The Kier molecular flexibility index (Phi) is 7.87. The highest BCUT2D eigenvalue weighted by molar-refractivity contribution is 7.93. The van der Waals surface area contributed by atoms with Crippen LogP contribution in [0, 0.1) is 5.92 Å². The van der Waals surface area contributed by atoms with Crippen molar-refractivity contribution in [2.45, 2.75) is 42.9 Å². The molecule has 0 radical (unpaired) electrons. The van der Waals surface area contributed by atoms with E-state index in [4.69, 9.17) is 21.5 Å². The molecule has 12 heteroatoms. The molecule has 1 aliphatic rings. The van der Waals surface area contributed by atoms with Gasteiger partial charge in [0.05, 0.1) is 18.0 Å². The van der Waals surface area contributed by atoms with Crippen molar-refractivity contribution in [3.05, 3.63) is 53.1 Å². The van der Waals surface area contributed by atoms with Crippen molar-refractivity contribution in [3.8, 4) is 5.75 Å². The van der Waals surface area contributed by atoms with Crippen molar-refractivity contribution in [3.63, 3.8) is 0 Å². The molecule has 0 aliphatic heterocycles. The highest BCUT2D eigenvalue weighted by Gasteiger charge is 2.35. The molecule has 1 fully saturated rings. The Balaban J connectivity index is 1.66. The van der Waals surface area contributed by atoms with Crippen molar-refractivity contribution < 1.29 is 30.4 Å². The molecule has 2 aromatic carbocycles. The summed E-state index contributed by atoms with van der Waals surface area (Å²) in [6, 6.07) is 10.2. The topological polar surface area (TPSA) is 116 Å². The van der Waals surface area contributed by atoms with Gasteiger partial charge in [-0.15, -0.1) is 0 Å². The van der Waals surface area contributed by atoms with E-state index in [1.807, 2.05) is 0 Å². The van der Waals surface area contributed by atoms with E-state index in [0.29, 0.717) is 29.2 Å². The summed E-state index contributed by atoms with van der Waals surface area (Å²) in [5.41, 5.74) is 0.437. The van der Waals surface area contributed by atoms with Gasteiger partial charge in [-0.05, 0) is 55.0 Å². The molecule has 1 saturated carbocycles. The Hall–Kier alpha value is -1.95. The predicted molar refractivity (Wildman–Crippen MR) is 123 cm³/mol. The van der Waals surface area contributed by atoms with Gasteiger partial charge in [0.1, 0.15) is 10.6 Å². The lowest BCUT2D eigenvalue weighted by Crippen LogP contribution is -2.27. The van der Waals surface area contributed by atoms with Gasteiger partial charge in [0.2, 0.25) is 26.0 Å². The van der Waals surface area contributed by atoms with Crippen LogP contribution in [0.3, 0.4) is 0 Å². The van der Waals surface area contributed by atoms with Crippen LogP contribution in [-0.4, -0.2) is 35.1 Å². The third-order valence-electron chi connectivity index (χ3n) is 5.44. The quantitative estimate of drug-likeness (QED) is 0.512. The zero-order valence-corrected chi connectivity index (χ0v) is 20.0. The lowest BCUT2D eigenvalue weighted by molar-refractivity contribution is -0.0498. The van der Waals surface area contributed by atoms with Crippen molar-refractivity contribution in [2.75, 3.05) is 17.1 Å². The molecule has 0 amide bonds. The number of hydrogen-bond acceptors (Lipinski definition) is 5. The number of primary sulfonamides is 1. The maximum Gasteiger partial charge on any atom is 0.248 e. The number of benzene rings is 2. The number of halogens is 3. The first-order valence-corrected chi connectivity index (χ1v) is 13.8. The molecule has 0 bridgehead atoms. The van der Waals surface area contributed by atoms with Crippen molar-refractivity contribution in [1.82, 2.24) is 0 Å². The predicted octanol–water partition coefficient (Wildman–Crippen LogP) is 4.18. The molecule has 0 heterocycles. The van der Waals surface area contributed by atoms with Gasteiger partial charge in [-0.3, -0.25) is 4.72 Å². The molecule has 0 unspecified atom stereocenters. The fourth-order valence-corrected chi connectivity index (χ4v) is 5.63. The smallest absolute Gasteiger partial charge is 0.248 e. The summed E-state index contributed by atoms with van der Waals surface area (Å²) in [5.74, 6) is -2.61. The third kappa shape index (κ3) is 7.53. The monoisotopic (exact) mass is 522 g/mol. The summed E-state index contributed by atoms with van der Waals surface area (Å²) < 4.78 is 83.4. The number of anilines is 1. The lowest BCUT2D eigenvalue weighted by Gasteiger charge is -2.28. The Morgan fingerprint density at radius 1 is 1.09 bits per heavy atom. The zero-order valence-electron chi connectivity index (χ0n) is 17.6. The third-order valence-corrected chi connectivity index (χ3v) is 7.92. The fraction of sp³-hybridized carbons (Fsp3) is 0.429. The first-order chi connectivity index (χ1) is 15.3. The first kappa shape index (κ1) is 25.7. The lowest BCUT2D eigenvalue weighted by atomic mass is 9.87. The van der Waals surface area contributed by atoms with Crippen LogP contribution in [0.1, 0.15) is 31.2 Å². The number of ether oxygens (including phenoxy) is 1. The van der Waals surface area contributed by atoms with E-state index in [2.05, 4.69) is 4.72 Å². The van der Waals surface area contributed by atoms with Crippen LogP contribution in [0.2, 0.25) is 5.02 Å². The molecule has 7 nitrogen and oxygen atoms in total. The van der Waals surface area contributed by atoms with E-state index in [9.17, 15) is 25.6 Å². The van der Waals surface area contributed by atoms with Crippen molar-refractivity contribution in [2.24, 2.45) is 11.1 Å². The molecule has 182 valence electrons. The van der Waals surface area contributed by atoms with Crippen LogP contribution >= 0.6 is 11.6 Å². The number of alkyl halides is 2. The number of aryl methyl sites for hydroxylation is 1. The molecule has 0 spiro atoms. The maximum absolute atomic E-state index is 13.4. The highest BCUT2D eigenvalue weighted by atomic mass is 35.5. The average Bonchev–Trinajstić information content (AvgIpc) is 2.71. The standard InChI is InChI=1S/C21H25ClF2N2O5S2/c22-17-6-5-16(19(13-17)31-14-15-7-10-21(23,24)11-8-15)9-12-32(27,28)26-18-3-1-2-4-20(18)33(25,29)30/h1-6,13,15,26H,7-12,14H2,(H2,25,29,30). The minimum Gasteiger partial charge on any atom is -0.493 e. The largest absolute Gasteiger partial charge is 0.493 e. The molecule has 0 aromatic heterocycles. The van der Waals surface area contributed by atoms with Crippen molar-refractivity contribution in [1.29, 1.82) is 0 Å². The van der Waals surface area contributed by atoms with Gasteiger partial charge in [-0.25, -0.2) is 30.8 Å². The summed E-state index contributed by atoms with van der Waals surface area (Å²) in [6.45, 7) is 0.232. The van der Waals surface area contributed by atoms with Crippen LogP contribution in [0.4, 0.5) is 14.5 Å². The molecule has 0 saturated heterocycles. The Morgan fingerprint density at radius 2 is 1.76 bits per heavy atom. The Morgan fingerprint density at radius 3 is 2.42 bits per heavy atom. The fourth-order valence-electron chi connectivity index (χ4n) is 3.61. The van der Waals surface area contributed by atoms with Gasteiger partial charge in [-0.1, -0.05) is 29.8 Å². The number of para-hydroxylation sites is 1. The van der Waals surface area contributed by atoms with E-state index < -0.39 is 26.0 Å². The number of rotatable bonds is 9. The summed E-state index contributed by atoms with van der Waals surface area (Å²) in [4.78, 5) is -0.331. The highest BCUT2D eigenvalue weighted by Crippen LogP contribution is 2.36. The van der Waals surface area contributed by atoms with Gasteiger partial charge in [0, 0.05) is 17.9 Å². The van der Waals surface area contributed by atoms with E-state index in [-0.39, 0.29) is 48.1 Å². The number of sulfonamides is 2. The SMILES string of the molecule is NS(=O)(=O)c1ccccc1NS(=O)(=O)CCc1ccc(Cl)cc1OCC1CCC(F)(F)CC1. The number of nitrogens with two attached hydrogens (primary N) is 1. The molecular formula is C21H25ClF2N2O5S2. The second kappa shape index (κ2) is 10.1. The molecular weight excluding hydrogens is 498 g/mol. The maximum atomic E-state index is 13.4. The summed E-state index contributed by atoms with van der Waals surface area (Å²) in [6.07, 6.45) is 0.415. The summed E-state index contributed by atoms with van der Waals surface area (Å²) >= 11 is 6.05. The average molecular weight is 523 g/mol. The van der Waals surface area contributed by atoms with Crippen LogP contribution < -0.4 is 14.6 Å². The van der Waals surface area contributed by atoms with Crippen LogP contribution in [0.5, 0.6) is 5.75 Å². The Labute approximate surface area is 197 Å². The van der Waals surface area contributed by atoms with Crippen LogP contribution in [0.25, 0.3) is 0 Å². The second-order valence-corrected chi connectivity index (χ2v) is 11.9. The minimum atomic E-state index is -4.12. The number of nitrogens with one attached hydrogen (secondary N) is 1. The van der Waals surface area contributed by atoms with Crippen LogP contribution in [0.15, 0.2) is 47.4 Å². The molecule has 3 N–H and O–H groups in total. The van der Waals surface area contributed by atoms with Crippen molar-refractivity contribution >= 4 is 37.3 Å². The van der Waals surface area contributed by atoms with Gasteiger partial charge in [0.25, 0.3) is 0 Å². The molecule has 1 aliphatic carbocycles. The van der Waals surface area contributed by atoms with E-state index in [1.165, 1.54) is 24.3 Å². The zero-order chi connectivity index (χ0) is 24.3. The molecule has 0 atom stereocenters. The molecule has 33 heavy (non-hydrogen) atoms. The van der Waals surface area contributed by atoms with Gasteiger partial charge >= 0.3 is 0 Å². The van der Waals surface area contributed by atoms with Gasteiger partial charge in [0.15, 0.2) is 0 Å². The van der Waals surface area contributed by atoms with E-state index in [1.54, 1.807) is 18.2 Å². The first-order valence-electron chi connectivity index (χ1n) is 10.3. The Bertz CT molecular complexity index is 1200. The summed E-state index contributed by atoms with van der Waals surface area (Å²) in [5, 5.41) is 5.55. The molecule has 3 rings (SSSR count). The molecule has 2 aromatic rings. The number of hydrogen-bond donors (Lipinski definition) is 2.